The minimum Gasteiger partial charge on any atom is -0.756 e. The third-order valence-electron chi connectivity index (χ3n) is 8.23. The molecule has 0 aliphatic carbocycles. The van der Waals surface area contributed by atoms with Crippen molar-refractivity contribution in [3.05, 3.63) is 0 Å². The molecule has 0 rings (SSSR count). The standard InChI is InChI=1S/C36H76NO6P/c1-6-8-10-12-14-16-18-20-22-24-26-28-31-40-34-36(35-43-44(38,39)42-33-30-37(3,4)5)41-32-29-27-25-23-21-19-17-15-13-11-9-7-2/h36H,6-35H2,1-5H3/t36-/m1/s1. The number of likely N-dealkylation sites (N-methyl/N-ethyl adjacent to an activating group) is 1. The van der Waals surface area contributed by atoms with Crippen molar-refractivity contribution in [1.82, 2.24) is 0 Å². The third-order valence-corrected chi connectivity index (χ3v) is 9.19. The first-order chi connectivity index (χ1) is 21.2. The van der Waals surface area contributed by atoms with E-state index in [1.807, 2.05) is 21.1 Å². The van der Waals surface area contributed by atoms with E-state index in [2.05, 4.69) is 13.8 Å². The summed E-state index contributed by atoms with van der Waals surface area (Å²) in [4.78, 5) is 12.3. The second kappa shape index (κ2) is 31.6. The Bertz CT molecular complexity index is 630. The molecule has 0 aromatic rings. The molecule has 0 saturated heterocycles. The number of quaternary nitrogens is 1. The Morgan fingerprint density at radius 2 is 0.909 bits per heavy atom. The van der Waals surface area contributed by atoms with Crippen molar-refractivity contribution < 1.29 is 32.5 Å². The summed E-state index contributed by atoms with van der Waals surface area (Å²) in [5.41, 5.74) is 0. The fraction of sp³-hybridized carbons (Fsp3) is 1.00. The predicted molar refractivity (Wildman–Crippen MR) is 185 cm³/mol. The highest BCUT2D eigenvalue weighted by molar-refractivity contribution is 7.45. The maximum absolute atomic E-state index is 12.3. The molecule has 44 heavy (non-hydrogen) atoms. The normalized spacial score (nSPS) is 14.2. The van der Waals surface area contributed by atoms with Crippen LogP contribution in [0.15, 0.2) is 0 Å². The van der Waals surface area contributed by atoms with Gasteiger partial charge in [-0.1, -0.05) is 155 Å². The van der Waals surface area contributed by atoms with Gasteiger partial charge in [0, 0.05) is 13.2 Å². The molecule has 0 spiro atoms. The Kier molecular flexibility index (Phi) is 31.6. The van der Waals surface area contributed by atoms with Gasteiger partial charge in [-0.15, -0.1) is 0 Å². The predicted octanol–water partition coefficient (Wildman–Crippen LogP) is 10.00. The largest absolute Gasteiger partial charge is 0.756 e. The topological polar surface area (TPSA) is 77.1 Å². The highest BCUT2D eigenvalue weighted by Crippen LogP contribution is 2.38. The van der Waals surface area contributed by atoms with Gasteiger partial charge in [0.2, 0.25) is 0 Å². The Morgan fingerprint density at radius 3 is 1.32 bits per heavy atom. The van der Waals surface area contributed by atoms with E-state index >= 15 is 0 Å². The maximum atomic E-state index is 12.3. The fourth-order valence-electron chi connectivity index (χ4n) is 5.24. The van der Waals surface area contributed by atoms with Crippen molar-refractivity contribution in [3.63, 3.8) is 0 Å². The van der Waals surface area contributed by atoms with E-state index in [0.717, 1.165) is 19.3 Å². The number of ether oxygens (including phenoxy) is 2. The zero-order valence-corrected chi connectivity index (χ0v) is 31.0. The summed E-state index contributed by atoms with van der Waals surface area (Å²) in [6.07, 6.45) is 30.9. The molecule has 0 fully saturated rings. The zero-order valence-electron chi connectivity index (χ0n) is 30.1. The molecule has 0 heterocycles. The lowest BCUT2D eigenvalue weighted by molar-refractivity contribution is -0.870. The van der Waals surface area contributed by atoms with Gasteiger partial charge in [-0.05, 0) is 12.8 Å². The minimum absolute atomic E-state index is 0.0676. The lowest BCUT2D eigenvalue weighted by Crippen LogP contribution is -2.37. The van der Waals surface area contributed by atoms with Crippen LogP contribution < -0.4 is 4.89 Å². The zero-order chi connectivity index (χ0) is 32.6. The monoisotopic (exact) mass is 650 g/mol. The molecular weight excluding hydrogens is 573 g/mol. The molecule has 0 aromatic heterocycles. The van der Waals surface area contributed by atoms with Gasteiger partial charge >= 0.3 is 0 Å². The van der Waals surface area contributed by atoms with E-state index in [1.165, 1.54) is 135 Å². The summed E-state index contributed by atoms with van der Waals surface area (Å²) >= 11 is 0. The first-order valence-corrected chi connectivity index (χ1v) is 20.3. The Morgan fingerprint density at radius 1 is 0.523 bits per heavy atom. The SMILES string of the molecule is CCCCCCCCCCCCCCOC[C@H](COP(=O)([O-])OCC[N+](C)(C)C)OCCCCCCCCCCCCCC. The lowest BCUT2D eigenvalue weighted by atomic mass is 10.1. The van der Waals surface area contributed by atoms with Crippen molar-refractivity contribution in [2.24, 2.45) is 0 Å². The Hall–Kier alpha value is -0.0100. The first-order valence-electron chi connectivity index (χ1n) is 18.8. The second-order valence-electron chi connectivity index (χ2n) is 13.9. The summed E-state index contributed by atoms with van der Waals surface area (Å²) in [6.45, 7) is 6.76. The molecule has 0 aliphatic heterocycles. The average molecular weight is 650 g/mol. The van der Waals surface area contributed by atoms with Crippen LogP contribution in [0.25, 0.3) is 0 Å². The molecule has 2 atom stereocenters. The molecule has 0 bridgehead atoms. The molecule has 266 valence electrons. The van der Waals surface area contributed by atoms with Crippen LogP contribution in [-0.4, -0.2) is 71.3 Å². The summed E-state index contributed by atoms with van der Waals surface area (Å²) in [5.74, 6) is 0. The van der Waals surface area contributed by atoms with Gasteiger partial charge in [-0.25, -0.2) is 0 Å². The Labute approximate surface area is 274 Å². The van der Waals surface area contributed by atoms with Crippen molar-refractivity contribution in [1.29, 1.82) is 0 Å². The highest BCUT2D eigenvalue weighted by atomic mass is 31.2. The molecule has 8 heteroatoms. The van der Waals surface area contributed by atoms with Gasteiger partial charge in [0.05, 0.1) is 34.4 Å². The van der Waals surface area contributed by atoms with E-state index in [0.29, 0.717) is 30.8 Å². The van der Waals surface area contributed by atoms with E-state index in [-0.39, 0.29) is 13.2 Å². The van der Waals surface area contributed by atoms with Gasteiger partial charge < -0.3 is 27.9 Å². The van der Waals surface area contributed by atoms with Crippen LogP contribution >= 0.6 is 7.82 Å². The third kappa shape index (κ3) is 34.9. The molecule has 0 N–H and O–H groups in total. The molecule has 0 aliphatic rings. The van der Waals surface area contributed by atoms with E-state index < -0.39 is 13.9 Å². The molecule has 0 radical (unpaired) electrons. The number of phosphoric acid groups is 1. The number of hydrogen-bond acceptors (Lipinski definition) is 6. The highest BCUT2D eigenvalue weighted by Gasteiger charge is 2.18. The van der Waals surface area contributed by atoms with Gasteiger partial charge in [0.1, 0.15) is 19.3 Å². The van der Waals surface area contributed by atoms with E-state index in [4.69, 9.17) is 18.5 Å². The maximum Gasteiger partial charge on any atom is 0.268 e. The molecule has 1 unspecified atom stereocenters. The Balaban J connectivity index is 4.13. The summed E-state index contributed by atoms with van der Waals surface area (Å²) in [6, 6.07) is 0. The molecular formula is C36H76NO6P. The number of hydrogen-bond donors (Lipinski definition) is 0. The van der Waals surface area contributed by atoms with Crippen LogP contribution in [0.2, 0.25) is 0 Å². The summed E-state index contributed by atoms with van der Waals surface area (Å²) < 4.78 is 35.1. The average Bonchev–Trinajstić information content (AvgIpc) is 2.97. The van der Waals surface area contributed by atoms with Crippen molar-refractivity contribution in [3.8, 4) is 0 Å². The first kappa shape index (κ1) is 44.0. The van der Waals surface area contributed by atoms with Crippen molar-refractivity contribution in [2.75, 3.05) is 60.7 Å². The number of rotatable bonds is 36. The molecule has 0 aromatic carbocycles. The number of unbranched alkanes of at least 4 members (excludes halogenated alkanes) is 22. The van der Waals surface area contributed by atoms with Crippen LogP contribution in [0.4, 0.5) is 0 Å². The molecule has 0 saturated carbocycles. The van der Waals surface area contributed by atoms with Gasteiger partial charge in [0.25, 0.3) is 7.82 Å². The molecule has 0 amide bonds. The van der Waals surface area contributed by atoms with Gasteiger partial charge in [-0.3, -0.25) is 4.57 Å². The van der Waals surface area contributed by atoms with Crippen LogP contribution in [0.1, 0.15) is 168 Å². The van der Waals surface area contributed by atoms with Crippen molar-refractivity contribution in [2.45, 2.75) is 174 Å². The summed E-state index contributed by atoms with van der Waals surface area (Å²) in [7, 11) is 1.61. The van der Waals surface area contributed by atoms with E-state index in [1.54, 1.807) is 0 Å². The van der Waals surface area contributed by atoms with Gasteiger partial charge in [0.15, 0.2) is 0 Å². The van der Waals surface area contributed by atoms with Crippen LogP contribution in [0, 0.1) is 0 Å². The van der Waals surface area contributed by atoms with Crippen LogP contribution in [0.3, 0.4) is 0 Å². The fourth-order valence-corrected chi connectivity index (χ4v) is 5.96. The van der Waals surface area contributed by atoms with E-state index in [9.17, 15) is 9.46 Å². The molecule has 7 nitrogen and oxygen atoms in total. The smallest absolute Gasteiger partial charge is 0.268 e. The minimum atomic E-state index is -4.37. The second-order valence-corrected chi connectivity index (χ2v) is 15.3. The number of nitrogens with zero attached hydrogens (tertiary/aromatic N) is 1. The number of phosphoric ester groups is 1. The lowest BCUT2D eigenvalue weighted by Gasteiger charge is -2.28. The van der Waals surface area contributed by atoms with Crippen molar-refractivity contribution >= 4 is 7.82 Å². The quantitative estimate of drug-likeness (QED) is 0.0382. The van der Waals surface area contributed by atoms with Gasteiger partial charge in [-0.2, -0.15) is 0 Å². The van der Waals surface area contributed by atoms with Crippen LogP contribution in [0.5, 0.6) is 0 Å². The van der Waals surface area contributed by atoms with Crippen LogP contribution in [-0.2, 0) is 23.1 Å². The summed E-state index contributed by atoms with van der Waals surface area (Å²) in [5, 5.41) is 0.